The summed E-state index contributed by atoms with van der Waals surface area (Å²) in [5.41, 5.74) is 2.86. The van der Waals surface area contributed by atoms with Crippen molar-refractivity contribution in [1.82, 2.24) is 19.6 Å². The largest absolute Gasteiger partial charge is 0.508 e. The van der Waals surface area contributed by atoms with Crippen molar-refractivity contribution in [2.24, 2.45) is 5.92 Å². The topological polar surface area (TPSA) is 76.6 Å². The summed E-state index contributed by atoms with van der Waals surface area (Å²) >= 11 is 0. The number of hydrogen-bond donors (Lipinski definition) is 1. The number of esters is 1. The molecule has 0 aromatic heterocycles. The Hall–Kier alpha value is -2.94. The van der Waals surface area contributed by atoms with Crippen LogP contribution in [0.4, 0.5) is 0 Å². The van der Waals surface area contributed by atoms with Crippen LogP contribution in [0.3, 0.4) is 0 Å². The van der Waals surface area contributed by atoms with E-state index in [1.807, 2.05) is 36.1 Å². The number of carbonyl (C=O) groups excluding carboxylic acids is 2. The third-order valence-electron chi connectivity index (χ3n) is 9.39. The second-order valence-electron chi connectivity index (χ2n) is 12.8. The van der Waals surface area contributed by atoms with E-state index < -0.39 is 0 Å². The SMILES string of the molecule is CCOC(=O)CCCCN1CCN(C(=O)c2cccc(C(c3cccc(O)c3)N3C[C@@H](C)N(CC4CC4)C[C@H]3C)c2)CC1. The first-order chi connectivity index (χ1) is 20.8. The van der Waals surface area contributed by atoms with Crippen molar-refractivity contribution in [3.05, 3.63) is 65.2 Å². The van der Waals surface area contributed by atoms with Gasteiger partial charge in [-0.05, 0) is 94.3 Å². The van der Waals surface area contributed by atoms with Gasteiger partial charge in [0.25, 0.3) is 5.91 Å². The number of aromatic hydroxyl groups is 1. The highest BCUT2D eigenvalue weighted by molar-refractivity contribution is 5.94. The Bertz CT molecular complexity index is 1230. The zero-order chi connectivity index (χ0) is 30.3. The van der Waals surface area contributed by atoms with E-state index in [1.165, 1.54) is 19.4 Å². The van der Waals surface area contributed by atoms with Crippen LogP contribution in [0.1, 0.15) is 80.4 Å². The quantitative estimate of drug-likeness (QED) is 0.282. The number of ether oxygens (including phenoxy) is 1. The van der Waals surface area contributed by atoms with E-state index in [4.69, 9.17) is 4.74 Å². The third-order valence-corrected chi connectivity index (χ3v) is 9.39. The van der Waals surface area contributed by atoms with Crippen LogP contribution in [0.25, 0.3) is 0 Å². The molecule has 2 aromatic rings. The second kappa shape index (κ2) is 14.7. The Labute approximate surface area is 257 Å². The number of benzene rings is 2. The van der Waals surface area contributed by atoms with Gasteiger partial charge in [0.15, 0.2) is 0 Å². The highest BCUT2D eigenvalue weighted by Crippen LogP contribution is 2.37. The smallest absolute Gasteiger partial charge is 0.305 e. The average Bonchev–Trinajstić information content (AvgIpc) is 3.82. The van der Waals surface area contributed by atoms with Crippen molar-refractivity contribution < 1.29 is 19.4 Å². The normalized spacial score (nSPS) is 22.8. The maximum Gasteiger partial charge on any atom is 0.305 e. The summed E-state index contributed by atoms with van der Waals surface area (Å²) in [5.74, 6) is 1.09. The minimum atomic E-state index is -0.119. The fourth-order valence-electron chi connectivity index (χ4n) is 6.78. The third kappa shape index (κ3) is 8.37. The van der Waals surface area contributed by atoms with Crippen molar-refractivity contribution in [3.63, 3.8) is 0 Å². The molecule has 5 rings (SSSR count). The van der Waals surface area contributed by atoms with Gasteiger partial charge in [-0.15, -0.1) is 0 Å². The van der Waals surface area contributed by atoms with Gasteiger partial charge in [-0.25, -0.2) is 0 Å². The molecule has 0 radical (unpaired) electrons. The van der Waals surface area contributed by atoms with Gasteiger partial charge in [-0.3, -0.25) is 24.3 Å². The molecule has 1 N–H and O–H groups in total. The highest BCUT2D eigenvalue weighted by atomic mass is 16.5. The molecule has 1 saturated carbocycles. The zero-order valence-electron chi connectivity index (χ0n) is 26.3. The first-order valence-corrected chi connectivity index (χ1v) is 16.4. The van der Waals surface area contributed by atoms with Crippen LogP contribution in [0.2, 0.25) is 0 Å². The fraction of sp³-hybridized carbons (Fsp3) is 0.600. The second-order valence-corrected chi connectivity index (χ2v) is 12.8. The number of nitrogens with zero attached hydrogens (tertiary/aromatic N) is 4. The summed E-state index contributed by atoms with van der Waals surface area (Å²) in [6, 6.07) is 16.5. The van der Waals surface area contributed by atoms with Crippen LogP contribution in [-0.4, -0.2) is 108 Å². The van der Waals surface area contributed by atoms with Crippen LogP contribution < -0.4 is 0 Å². The molecule has 0 spiro atoms. The van der Waals surface area contributed by atoms with Crippen LogP contribution in [0.15, 0.2) is 48.5 Å². The fourth-order valence-corrected chi connectivity index (χ4v) is 6.78. The van der Waals surface area contributed by atoms with E-state index in [1.54, 1.807) is 6.07 Å². The summed E-state index contributed by atoms with van der Waals surface area (Å²) in [4.78, 5) is 34.9. The lowest BCUT2D eigenvalue weighted by molar-refractivity contribution is -0.143. The molecule has 1 amide bonds. The molecule has 2 heterocycles. The molecule has 3 fully saturated rings. The number of piperazine rings is 2. The van der Waals surface area contributed by atoms with Crippen LogP contribution in [0.5, 0.6) is 5.75 Å². The van der Waals surface area contributed by atoms with E-state index in [-0.39, 0.29) is 23.7 Å². The number of rotatable bonds is 12. The summed E-state index contributed by atoms with van der Waals surface area (Å²) in [7, 11) is 0. The van der Waals surface area contributed by atoms with Crippen LogP contribution in [0, 0.1) is 5.92 Å². The lowest BCUT2D eigenvalue weighted by Crippen LogP contribution is -2.57. The van der Waals surface area contributed by atoms with Gasteiger partial charge in [0, 0.05) is 69.9 Å². The Morgan fingerprint density at radius 1 is 0.930 bits per heavy atom. The Morgan fingerprint density at radius 2 is 1.65 bits per heavy atom. The van der Waals surface area contributed by atoms with E-state index in [0.29, 0.717) is 38.2 Å². The maximum atomic E-state index is 13.7. The number of unbranched alkanes of at least 4 members (excludes halogenated alkanes) is 1. The number of amides is 1. The predicted octanol–water partition coefficient (Wildman–Crippen LogP) is 4.78. The zero-order valence-corrected chi connectivity index (χ0v) is 26.3. The summed E-state index contributed by atoms with van der Waals surface area (Å²) in [5, 5.41) is 10.4. The van der Waals surface area contributed by atoms with Crippen LogP contribution >= 0.6 is 0 Å². The van der Waals surface area contributed by atoms with E-state index >= 15 is 0 Å². The molecular weight excluding hydrogens is 540 g/mol. The highest BCUT2D eigenvalue weighted by Gasteiger charge is 2.37. The minimum absolute atomic E-state index is 0.0492. The molecule has 1 aliphatic carbocycles. The Kier molecular flexibility index (Phi) is 10.8. The molecule has 3 aliphatic rings. The van der Waals surface area contributed by atoms with Crippen molar-refractivity contribution >= 4 is 11.9 Å². The molecule has 0 bridgehead atoms. The van der Waals surface area contributed by atoms with Gasteiger partial charge in [0.05, 0.1) is 12.6 Å². The standard InChI is InChI=1S/C35H50N4O4/c1-4-43-33(41)13-5-6-16-36-17-19-37(20-18-36)35(42)31-11-7-9-29(21-31)34(30-10-8-12-32(40)22-30)39-24-26(2)38(23-27(39)3)25-28-14-15-28/h7-12,21-22,26-28,34,40H,4-6,13-20,23-25H2,1-3H3/t26-,27-,34?/m1/s1. The van der Waals surface area contributed by atoms with Gasteiger partial charge in [-0.2, -0.15) is 0 Å². The Morgan fingerprint density at radius 3 is 2.35 bits per heavy atom. The van der Waals surface area contributed by atoms with Gasteiger partial charge in [-0.1, -0.05) is 24.3 Å². The lowest BCUT2D eigenvalue weighted by atomic mass is 9.92. The molecule has 1 unspecified atom stereocenters. The molecular formula is C35H50N4O4. The molecule has 43 heavy (non-hydrogen) atoms. The van der Waals surface area contributed by atoms with Crippen molar-refractivity contribution in [2.45, 2.75) is 71.0 Å². The van der Waals surface area contributed by atoms with Crippen molar-refractivity contribution in [2.75, 3.05) is 59.0 Å². The molecule has 3 atom stereocenters. The molecule has 2 aliphatic heterocycles. The first kappa shape index (κ1) is 31.5. The number of carbonyl (C=O) groups is 2. The lowest BCUT2D eigenvalue weighted by Gasteiger charge is -2.48. The van der Waals surface area contributed by atoms with Crippen molar-refractivity contribution in [1.29, 1.82) is 0 Å². The molecule has 2 saturated heterocycles. The van der Waals surface area contributed by atoms with Gasteiger partial charge in [0.2, 0.25) is 0 Å². The number of hydrogen-bond acceptors (Lipinski definition) is 7. The monoisotopic (exact) mass is 590 g/mol. The van der Waals surface area contributed by atoms with Gasteiger partial charge >= 0.3 is 5.97 Å². The number of phenolic OH excluding ortho intramolecular Hbond substituents is 1. The molecule has 234 valence electrons. The molecule has 2 aromatic carbocycles. The summed E-state index contributed by atoms with van der Waals surface area (Å²) < 4.78 is 5.02. The first-order valence-electron chi connectivity index (χ1n) is 16.4. The Balaban J connectivity index is 1.25. The summed E-state index contributed by atoms with van der Waals surface area (Å²) in [6.45, 7) is 14.1. The minimum Gasteiger partial charge on any atom is -0.508 e. The maximum absolute atomic E-state index is 13.7. The average molecular weight is 591 g/mol. The van der Waals surface area contributed by atoms with E-state index in [9.17, 15) is 14.7 Å². The predicted molar refractivity (Wildman–Crippen MR) is 169 cm³/mol. The number of phenols is 1. The van der Waals surface area contributed by atoms with Gasteiger partial charge in [0.1, 0.15) is 5.75 Å². The van der Waals surface area contributed by atoms with E-state index in [0.717, 1.165) is 68.2 Å². The summed E-state index contributed by atoms with van der Waals surface area (Å²) in [6.07, 6.45) is 4.98. The van der Waals surface area contributed by atoms with Crippen LogP contribution in [-0.2, 0) is 9.53 Å². The molecule has 8 nitrogen and oxygen atoms in total. The van der Waals surface area contributed by atoms with E-state index in [2.05, 4.69) is 46.7 Å². The van der Waals surface area contributed by atoms with Gasteiger partial charge < -0.3 is 14.7 Å². The van der Waals surface area contributed by atoms with Crippen molar-refractivity contribution in [3.8, 4) is 5.75 Å². The molecule has 8 heteroatoms.